The van der Waals surface area contributed by atoms with Crippen molar-refractivity contribution >= 4 is 11.6 Å². The molecule has 0 heterocycles. The molecule has 2 nitrogen and oxygen atoms in total. The molecule has 1 aromatic carbocycles. The largest absolute Gasteiger partial charge is 0.326 e. The molecule has 0 spiro atoms. The first kappa shape index (κ1) is 8.78. The molecular weight excluding hydrogens is 150 g/mol. The summed E-state index contributed by atoms with van der Waals surface area (Å²) < 4.78 is 0. The number of hydrogen-bond donors (Lipinski definition) is 1. The molecule has 0 bridgehead atoms. The minimum atomic E-state index is -0.0452. The van der Waals surface area contributed by atoms with Crippen molar-refractivity contribution in [3.05, 3.63) is 36.8 Å². The number of anilines is 1. The van der Waals surface area contributed by atoms with E-state index in [0.717, 1.165) is 17.7 Å². The molecular formula is C10H12NO. The maximum absolute atomic E-state index is 10.7. The fraction of sp³-hybridized carbons (Fsp3) is 0.200. The van der Waals surface area contributed by atoms with E-state index < -0.39 is 0 Å². The molecule has 1 aromatic rings. The van der Waals surface area contributed by atoms with E-state index in [1.165, 1.54) is 6.92 Å². The fourth-order valence-electron chi connectivity index (χ4n) is 1.01. The minimum Gasteiger partial charge on any atom is -0.326 e. The van der Waals surface area contributed by atoms with Gasteiger partial charge in [0.2, 0.25) is 5.91 Å². The van der Waals surface area contributed by atoms with Crippen LogP contribution >= 0.6 is 0 Å². The average Bonchev–Trinajstić information content (AvgIpc) is 2.03. The van der Waals surface area contributed by atoms with Crippen LogP contribution in [0.25, 0.3) is 0 Å². The first-order valence-electron chi connectivity index (χ1n) is 3.88. The summed E-state index contributed by atoms with van der Waals surface area (Å²) in [5.74, 6) is -0.0452. The summed E-state index contributed by atoms with van der Waals surface area (Å²) in [5.41, 5.74) is 1.96. The normalized spacial score (nSPS) is 9.50. The van der Waals surface area contributed by atoms with Crippen LogP contribution in [0.2, 0.25) is 0 Å². The summed E-state index contributed by atoms with van der Waals surface area (Å²) in [6, 6.07) is 7.68. The standard InChI is InChI=1S/C10H12NO/c1-3-9-5-4-6-10(7-9)11-8(2)12/h4-7H,1,3H2,2H3,(H,11,12). The third-order valence-corrected chi connectivity index (χ3v) is 1.54. The van der Waals surface area contributed by atoms with Crippen LogP contribution in [0.1, 0.15) is 12.5 Å². The Morgan fingerprint density at radius 1 is 1.58 bits per heavy atom. The highest BCUT2D eigenvalue weighted by Gasteiger charge is 1.95. The van der Waals surface area contributed by atoms with Gasteiger partial charge in [0.25, 0.3) is 0 Å². The van der Waals surface area contributed by atoms with E-state index >= 15 is 0 Å². The van der Waals surface area contributed by atoms with Crippen LogP contribution in [0.3, 0.4) is 0 Å². The van der Waals surface area contributed by atoms with Crippen LogP contribution in [-0.2, 0) is 11.2 Å². The van der Waals surface area contributed by atoms with Gasteiger partial charge in [-0.15, -0.1) is 0 Å². The molecule has 0 saturated carbocycles. The van der Waals surface area contributed by atoms with Crippen LogP contribution < -0.4 is 5.32 Å². The van der Waals surface area contributed by atoms with E-state index in [2.05, 4.69) is 12.2 Å². The van der Waals surface area contributed by atoms with E-state index in [1.54, 1.807) is 0 Å². The summed E-state index contributed by atoms with van der Waals surface area (Å²) >= 11 is 0. The molecule has 1 amide bonds. The van der Waals surface area contributed by atoms with Gasteiger partial charge in [-0.3, -0.25) is 4.79 Å². The smallest absolute Gasteiger partial charge is 0.221 e. The third kappa shape index (κ3) is 2.38. The SMILES string of the molecule is [CH2]Cc1cccc(NC(C)=O)c1. The molecule has 2 heteroatoms. The molecule has 0 aliphatic carbocycles. The molecule has 0 atom stereocenters. The minimum absolute atomic E-state index is 0.0452. The lowest BCUT2D eigenvalue weighted by molar-refractivity contribution is -0.114. The maximum Gasteiger partial charge on any atom is 0.221 e. The topological polar surface area (TPSA) is 29.1 Å². The second-order valence-electron chi connectivity index (χ2n) is 2.63. The zero-order valence-corrected chi connectivity index (χ0v) is 7.13. The Morgan fingerprint density at radius 3 is 2.92 bits per heavy atom. The quantitative estimate of drug-likeness (QED) is 0.708. The molecule has 1 rings (SSSR count). The van der Waals surface area contributed by atoms with Gasteiger partial charge in [0.15, 0.2) is 0 Å². The van der Waals surface area contributed by atoms with Crippen LogP contribution in [0, 0.1) is 6.92 Å². The van der Waals surface area contributed by atoms with Gasteiger partial charge in [0.05, 0.1) is 0 Å². The van der Waals surface area contributed by atoms with Crippen molar-refractivity contribution < 1.29 is 4.79 Å². The monoisotopic (exact) mass is 162 g/mol. The van der Waals surface area contributed by atoms with E-state index in [9.17, 15) is 4.79 Å². The van der Waals surface area contributed by atoms with Gasteiger partial charge in [-0.1, -0.05) is 12.1 Å². The van der Waals surface area contributed by atoms with E-state index in [1.807, 2.05) is 24.3 Å². The Kier molecular flexibility index (Phi) is 2.86. The zero-order valence-electron chi connectivity index (χ0n) is 7.13. The molecule has 0 aliphatic heterocycles. The Bertz CT molecular complexity index is 281. The van der Waals surface area contributed by atoms with Crippen LogP contribution in [0.15, 0.2) is 24.3 Å². The Morgan fingerprint density at radius 2 is 2.33 bits per heavy atom. The molecule has 0 aliphatic rings. The van der Waals surface area contributed by atoms with Gasteiger partial charge in [-0.2, -0.15) is 0 Å². The Hall–Kier alpha value is -1.31. The summed E-state index contributed by atoms with van der Waals surface area (Å²) in [7, 11) is 0. The van der Waals surface area contributed by atoms with Crippen molar-refractivity contribution in [3.63, 3.8) is 0 Å². The van der Waals surface area contributed by atoms with Gasteiger partial charge >= 0.3 is 0 Å². The summed E-state index contributed by atoms with van der Waals surface area (Å²) in [5, 5.41) is 2.71. The van der Waals surface area contributed by atoms with Gasteiger partial charge in [0, 0.05) is 12.6 Å². The third-order valence-electron chi connectivity index (χ3n) is 1.54. The number of carbonyl (C=O) groups excluding carboxylic acids is 1. The van der Waals surface area contributed by atoms with E-state index in [4.69, 9.17) is 0 Å². The highest BCUT2D eigenvalue weighted by molar-refractivity contribution is 5.88. The first-order valence-corrected chi connectivity index (χ1v) is 3.88. The molecule has 0 aromatic heterocycles. The number of benzene rings is 1. The van der Waals surface area contributed by atoms with Crippen molar-refractivity contribution in [1.29, 1.82) is 0 Å². The van der Waals surface area contributed by atoms with Crippen molar-refractivity contribution in [2.45, 2.75) is 13.3 Å². The van der Waals surface area contributed by atoms with Crippen LogP contribution in [0.5, 0.6) is 0 Å². The predicted molar refractivity (Wildman–Crippen MR) is 49.8 cm³/mol. The molecule has 63 valence electrons. The highest BCUT2D eigenvalue weighted by Crippen LogP contribution is 2.10. The van der Waals surface area contributed by atoms with E-state index in [-0.39, 0.29) is 5.91 Å². The lowest BCUT2D eigenvalue weighted by Gasteiger charge is -2.02. The number of nitrogens with one attached hydrogen (secondary N) is 1. The summed E-state index contributed by atoms with van der Waals surface area (Å²) in [4.78, 5) is 10.7. The van der Waals surface area contributed by atoms with Crippen molar-refractivity contribution in [1.82, 2.24) is 0 Å². The van der Waals surface area contributed by atoms with Crippen LogP contribution in [0.4, 0.5) is 5.69 Å². The van der Waals surface area contributed by atoms with Gasteiger partial charge in [-0.25, -0.2) is 0 Å². The summed E-state index contributed by atoms with van der Waals surface area (Å²) in [6.07, 6.45) is 0.743. The summed E-state index contributed by atoms with van der Waals surface area (Å²) in [6.45, 7) is 5.26. The number of rotatable bonds is 2. The second-order valence-corrected chi connectivity index (χ2v) is 2.63. The Balaban J connectivity index is 2.79. The maximum atomic E-state index is 10.7. The lowest BCUT2D eigenvalue weighted by Crippen LogP contribution is -2.05. The van der Waals surface area contributed by atoms with Crippen LogP contribution in [-0.4, -0.2) is 5.91 Å². The van der Waals surface area contributed by atoms with Crippen molar-refractivity contribution in [2.75, 3.05) is 5.32 Å². The van der Waals surface area contributed by atoms with Gasteiger partial charge in [-0.05, 0) is 31.0 Å². The molecule has 1 N–H and O–H groups in total. The molecule has 1 radical (unpaired) electrons. The second kappa shape index (κ2) is 3.90. The predicted octanol–water partition coefficient (Wildman–Crippen LogP) is 2.02. The van der Waals surface area contributed by atoms with Gasteiger partial charge < -0.3 is 5.32 Å². The molecule has 0 saturated heterocycles. The Labute approximate surface area is 72.6 Å². The zero-order chi connectivity index (χ0) is 8.97. The van der Waals surface area contributed by atoms with E-state index in [0.29, 0.717) is 0 Å². The lowest BCUT2D eigenvalue weighted by atomic mass is 10.1. The van der Waals surface area contributed by atoms with Gasteiger partial charge in [0.1, 0.15) is 0 Å². The van der Waals surface area contributed by atoms with Crippen molar-refractivity contribution in [2.24, 2.45) is 0 Å². The molecule has 0 unspecified atom stereocenters. The highest BCUT2D eigenvalue weighted by atomic mass is 16.1. The first-order chi connectivity index (χ1) is 5.72. The molecule has 0 fully saturated rings. The number of amides is 1. The van der Waals surface area contributed by atoms with Crippen molar-refractivity contribution in [3.8, 4) is 0 Å². The number of hydrogen-bond acceptors (Lipinski definition) is 1. The average molecular weight is 162 g/mol. The molecule has 12 heavy (non-hydrogen) atoms. The fourth-order valence-corrected chi connectivity index (χ4v) is 1.01. The number of carbonyl (C=O) groups is 1.